The quantitative estimate of drug-likeness (QED) is 0.416. The Morgan fingerprint density at radius 1 is 1.69 bits per heavy atom. The summed E-state index contributed by atoms with van der Waals surface area (Å²) >= 11 is 0. The minimum atomic E-state index is -0.329. The van der Waals surface area contributed by atoms with Gasteiger partial charge in [-0.3, -0.25) is 15.6 Å². The lowest BCUT2D eigenvalue weighted by Gasteiger charge is -2.09. The molecule has 1 rings (SSSR count). The number of carbonyl (C=O) groups excluding carboxylic acids is 2. The number of carbonyl (C=O) groups is 2. The molecule has 0 bridgehead atoms. The van der Waals surface area contributed by atoms with Crippen LogP contribution in [0.25, 0.3) is 0 Å². The Morgan fingerprint density at radius 3 is 3.00 bits per heavy atom. The smallest absolute Gasteiger partial charge is 0.333 e. The van der Waals surface area contributed by atoms with Gasteiger partial charge in [0, 0.05) is 12.6 Å². The summed E-state index contributed by atoms with van der Waals surface area (Å²) in [6, 6.07) is -0.329. The van der Waals surface area contributed by atoms with Crippen LogP contribution < -0.4 is 21.5 Å². The number of ketones is 1. The van der Waals surface area contributed by atoms with Gasteiger partial charge in [0.25, 0.3) is 0 Å². The largest absolute Gasteiger partial charge is 0.363 e. The Hall–Kier alpha value is -1.72. The van der Waals surface area contributed by atoms with Crippen LogP contribution in [0.3, 0.4) is 0 Å². The maximum atomic E-state index is 10.9. The highest BCUT2D eigenvalue weighted by Crippen LogP contribution is 1.90. The van der Waals surface area contributed by atoms with Crippen LogP contribution >= 0.6 is 0 Å². The Kier molecular flexibility index (Phi) is 3.13. The SMILES string of the molecule is CCNC(=O)NNC1=CC(=O)CN1. The van der Waals surface area contributed by atoms with E-state index in [1.54, 1.807) is 0 Å². The van der Waals surface area contributed by atoms with E-state index in [9.17, 15) is 9.59 Å². The lowest BCUT2D eigenvalue weighted by atomic mass is 10.4. The predicted octanol–water partition coefficient (Wildman–Crippen LogP) is -1.18. The number of amides is 2. The topological polar surface area (TPSA) is 82.3 Å². The van der Waals surface area contributed by atoms with Crippen LogP contribution in [0, 0.1) is 0 Å². The van der Waals surface area contributed by atoms with Crippen molar-refractivity contribution < 1.29 is 9.59 Å². The Balaban J connectivity index is 2.23. The monoisotopic (exact) mass is 184 g/mol. The van der Waals surface area contributed by atoms with Crippen LogP contribution in [0.15, 0.2) is 11.9 Å². The average molecular weight is 184 g/mol. The van der Waals surface area contributed by atoms with Gasteiger partial charge in [0.1, 0.15) is 5.82 Å². The van der Waals surface area contributed by atoms with E-state index in [0.29, 0.717) is 12.4 Å². The Bertz CT molecular complexity index is 249. The molecular weight excluding hydrogens is 172 g/mol. The third-order valence-electron chi connectivity index (χ3n) is 1.41. The van der Waals surface area contributed by atoms with E-state index in [1.807, 2.05) is 6.92 Å². The molecule has 0 saturated heterocycles. The van der Waals surface area contributed by atoms with Crippen molar-refractivity contribution in [3.8, 4) is 0 Å². The minimum absolute atomic E-state index is 0.0137. The molecule has 6 nitrogen and oxygen atoms in total. The van der Waals surface area contributed by atoms with Gasteiger partial charge < -0.3 is 10.6 Å². The summed E-state index contributed by atoms with van der Waals surface area (Å²) in [6.45, 7) is 2.65. The summed E-state index contributed by atoms with van der Waals surface area (Å²) in [4.78, 5) is 21.6. The fourth-order valence-corrected chi connectivity index (χ4v) is 0.855. The van der Waals surface area contributed by atoms with Crippen LogP contribution in [0.4, 0.5) is 4.79 Å². The van der Waals surface area contributed by atoms with Crippen molar-refractivity contribution in [2.75, 3.05) is 13.1 Å². The molecular formula is C7H12N4O2. The zero-order valence-corrected chi connectivity index (χ0v) is 7.31. The molecule has 0 fully saturated rings. The molecule has 2 amide bonds. The first-order chi connectivity index (χ1) is 6.22. The number of rotatable bonds is 3. The van der Waals surface area contributed by atoms with Crippen molar-refractivity contribution in [1.82, 2.24) is 21.5 Å². The Morgan fingerprint density at radius 2 is 2.46 bits per heavy atom. The normalized spacial score (nSPS) is 14.5. The summed E-state index contributed by atoms with van der Waals surface area (Å²) in [5.41, 5.74) is 4.93. The van der Waals surface area contributed by atoms with Crippen molar-refractivity contribution in [2.24, 2.45) is 0 Å². The lowest BCUT2D eigenvalue weighted by molar-refractivity contribution is -0.113. The van der Waals surface area contributed by atoms with Crippen LogP contribution in [-0.2, 0) is 4.79 Å². The molecule has 0 unspecified atom stereocenters. The molecule has 1 aliphatic heterocycles. The number of hydrogen-bond donors (Lipinski definition) is 4. The van der Waals surface area contributed by atoms with Gasteiger partial charge in [-0.1, -0.05) is 0 Å². The number of hydrogen-bond acceptors (Lipinski definition) is 4. The van der Waals surface area contributed by atoms with Crippen LogP contribution in [-0.4, -0.2) is 24.9 Å². The summed E-state index contributed by atoms with van der Waals surface area (Å²) in [7, 11) is 0. The summed E-state index contributed by atoms with van der Waals surface area (Å²) in [5, 5.41) is 5.29. The molecule has 0 aromatic heterocycles. The van der Waals surface area contributed by atoms with Crippen LogP contribution in [0.5, 0.6) is 0 Å². The van der Waals surface area contributed by atoms with E-state index < -0.39 is 0 Å². The summed E-state index contributed by atoms with van der Waals surface area (Å²) < 4.78 is 0. The second-order valence-corrected chi connectivity index (χ2v) is 2.49. The first-order valence-corrected chi connectivity index (χ1v) is 4.00. The zero-order chi connectivity index (χ0) is 9.68. The maximum Gasteiger partial charge on any atom is 0.333 e. The molecule has 1 aliphatic rings. The maximum absolute atomic E-state index is 10.9. The van der Waals surface area contributed by atoms with Crippen molar-refractivity contribution in [1.29, 1.82) is 0 Å². The molecule has 0 atom stereocenters. The zero-order valence-electron chi connectivity index (χ0n) is 7.31. The molecule has 6 heteroatoms. The first kappa shape index (κ1) is 9.37. The van der Waals surface area contributed by atoms with Crippen LogP contribution in [0.2, 0.25) is 0 Å². The van der Waals surface area contributed by atoms with Gasteiger partial charge in [0.15, 0.2) is 5.78 Å². The molecule has 4 N–H and O–H groups in total. The second kappa shape index (κ2) is 4.34. The molecule has 1 heterocycles. The van der Waals surface area contributed by atoms with Gasteiger partial charge in [-0.15, -0.1) is 0 Å². The molecule has 0 saturated carbocycles. The molecule has 72 valence electrons. The minimum Gasteiger partial charge on any atom is -0.363 e. The van der Waals surface area contributed by atoms with Crippen LogP contribution in [0.1, 0.15) is 6.92 Å². The third-order valence-corrected chi connectivity index (χ3v) is 1.41. The highest BCUT2D eigenvalue weighted by molar-refractivity contribution is 5.94. The molecule has 0 aromatic carbocycles. The fourth-order valence-electron chi connectivity index (χ4n) is 0.855. The van der Waals surface area contributed by atoms with Gasteiger partial charge in [0.05, 0.1) is 6.54 Å². The first-order valence-electron chi connectivity index (χ1n) is 4.00. The average Bonchev–Trinajstić information content (AvgIpc) is 2.49. The summed E-state index contributed by atoms with van der Waals surface area (Å²) in [6.07, 6.45) is 1.40. The van der Waals surface area contributed by atoms with Gasteiger partial charge in [-0.2, -0.15) is 0 Å². The van der Waals surface area contributed by atoms with E-state index in [2.05, 4.69) is 21.5 Å². The highest BCUT2D eigenvalue weighted by atomic mass is 16.2. The van der Waals surface area contributed by atoms with E-state index in [0.717, 1.165) is 0 Å². The van der Waals surface area contributed by atoms with Gasteiger partial charge >= 0.3 is 6.03 Å². The van der Waals surface area contributed by atoms with E-state index in [4.69, 9.17) is 0 Å². The van der Waals surface area contributed by atoms with Crippen molar-refractivity contribution in [3.63, 3.8) is 0 Å². The summed E-state index contributed by atoms with van der Waals surface area (Å²) in [5.74, 6) is 0.497. The highest BCUT2D eigenvalue weighted by Gasteiger charge is 2.10. The van der Waals surface area contributed by atoms with Crippen molar-refractivity contribution in [3.05, 3.63) is 11.9 Å². The van der Waals surface area contributed by atoms with Crippen molar-refractivity contribution in [2.45, 2.75) is 6.92 Å². The van der Waals surface area contributed by atoms with Crippen molar-refractivity contribution >= 4 is 11.8 Å². The third kappa shape index (κ3) is 3.02. The molecule has 13 heavy (non-hydrogen) atoms. The predicted molar refractivity (Wildman–Crippen MR) is 46.4 cm³/mol. The molecule has 0 aromatic rings. The molecule has 0 spiro atoms. The lowest BCUT2D eigenvalue weighted by Crippen LogP contribution is -2.45. The molecule has 0 aliphatic carbocycles. The van der Waals surface area contributed by atoms with Gasteiger partial charge in [-0.05, 0) is 6.92 Å². The van der Waals surface area contributed by atoms with E-state index in [-0.39, 0.29) is 18.4 Å². The van der Waals surface area contributed by atoms with Gasteiger partial charge in [-0.25, -0.2) is 4.79 Å². The standard InChI is InChI=1S/C7H12N4O2/c1-2-8-7(13)11-10-6-3-5(12)4-9-6/h3,9-10H,2,4H2,1H3,(H2,8,11,13). The van der Waals surface area contributed by atoms with E-state index in [1.165, 1.54) is 6.08 Å². The van der Waals surface area contributed by atoms with Gasteiger partial charge in [0.2, 0.25) is 0 Å². The number of hydrazine groups is 1. The number of urea groups is 1. The Labute approximate surface area is 75.7 Å². The fraction of sp³-hybridized carbons (Fsp3) is 0.429. The number of nitrogens with one attached hydrogen (secondary N) is 4. The molecule has 0 radical (unpaired) electrons. The van der Waals surface area contributed by atoms with E-state index >= 15 is 0 Å². The second-order valence-electron chi connectivity index (χ2n) is 2.49.